The van der Waals surface area contributed by atoms with Gasteiger partial charge >= 0.3 is 8.56 Å². The molecular formula is C14H29NO2Si. The second kappa shape index (κ2) is 8.07. The molecule has 0 aromatic heterocycles. The zero-order chi connectivity index (χ0) is 13.4. The molecule has 1 fully saturated rings. The minimum absolute atomic E-state index is 0.255. The lowest BCUT2D eigenvalue weighted by atomic mass is 9.98. The predicted octanol–water partition coefficient (Wildman–Crippen LogP) is 3.85. The fraction of sp³-hybridized carbons (Fsp3) is 0.929. The van der Waals surface area contributed by atoms with Gasteiger partial charge in [-0.05, 0) is 52.5 Å². The average Bonchev–Trinajstić information content (AvgIpc) is 2.37. The van der Waals surface area contributed by atoms with Crippen LogP contribution in [-0.2, 0) is 8.85 Å². The van der Waals surface area contributed by atoms with Crippen molar-refractivity contribution in [3.8, 4) is 0 Å². The van der Waals surface area contributed by atoms with Gasteiger partial charge in [0.25, 0.3) is 0 Å². The van der Waals surface area contributed by atoms with Crippen molar-refractivity contribution in [3.05, 3.63) is 0 Å². The average molecular weight is 271 g/mol. The number of hydrogen-bond donors (Lipinski definition) is 0. The predicted molar refractivity (Wildman–Crippen MR) is 79.5 cm³/mol. The van der Waals surface area contributed by atoms with Crippen LogP contribution in [0.2, 0.25) is 6.55 Å². The minimum Gasteiger partial charge on any atom is -0.393 e. The fourth-order valence-electron chi connectivity index (χ4n) is 2.70. The second-order valence-corrected chi connectivity index (χ2v) is 8.34. The fourth-order valence-corrected chi connectivity index (χ4v) is 5.47. The maximum atomic E-state index is 5.97. The highest BCUT2D eigenvalue weighted by Crippen LogP contribution is 2.22. The first kappa shape index (κ1) is 15.9. The lowest BCUT2D eigenvalue weighted by Gasteiger charge is -2.32. The summed E-state index contributed by atoms with van der Waals surface area (Å²) in [6.07, 6.45) is 7.35. The van der Waals surface area contributed by atoms with Gasteiger partial charge in [0, 0.05) is 18.9 Å². The Kier molecular flexibility index (Phi) is 7.11. The standard InChI is InChI=1S/C14H29NO2Si/c1-5-14(15-13-11-9-8-10-12-13)18(4,16-6-2)17-7-3/h14H,5-12H2,1-4H3. The number of aliphatic imine (C=N–C) groups is 1. The van der Waals surface area contributed by atoms with E-state index in [0.717, 1.165) is 19.6 Å². The Bertz CT molecular complexity index is 255. The molecule has 0 aliphatic heterocycles. The van der Waals surface area contributed by atoms with Crippen LogP contribution in [-0.4, -0.2) is 33.2 Å². The summed E-state index contributed by atoms with van der Waals surface area (Å²) in [7, 11) is -2.15. The molecule has 1 aliphatic carbocycles. The van der Waals surface area contributed by atoms with Crippen LogP contribution in [0.5, 0.6) is 0 Å². The van der Waals surface area contributed by atoms with Crippen LogP contribution in [0.1, 0.15) is 59.3 Å². The molecule has 0 aromatic carbocycles. The third kappa shape index (κ3) is 4.48. The molecule has 0 aromatic rings. The summed E-state index contributed by atoms with van der Waals surface area (Å²) >= 11 is 0. The third-order valence-corrected chi connectivity index (χ3v) is 7.09. The quantitative estimate of drug-likeness (QED) is 0.658. The molecule has 4 heteroatoms. The van der Waals surface area contributed by atoms with E-state index in [9.17, 15) is 0 Å². The van der Waals surface area contributed by atoms with Crippen LogP contribution in [0.4, 0.5) is 0 Å². The molecule has 0 amide bonds. The van der Waals surface area contributed by atoms with Gasteiger partial charge in [0.1, 0.15) is 0 Å². The molecular weight excluding hydrogens is 242 g/mol. The molecule has 0 spiro atoms. The maximum absolute atomic E-state index is 5.97. The van der Waals surface area contributed by atoms with Gasteiger partial charge in [-0.2, -0.15) is 0 Å². The van der Waals surface area contributed by atoms with Gasteiger partial charge in [0.15, 0.2) is 0 Å². The summed E-state index contributed by atoms with van der Waals surface area (Å²) in [4.78, 5) is 4.99. The Morgan fingerprint density at radius 2 is 1.61 bits per heavy atom. The van der Waals surface area contributed by atoms with Crippen molar-refractivity contribution in [2.24, 2.45) is 4.99 Å². The van der Waals surface area contributed by atoms with Crippen molar-refractivity contribution >= 4 is 14.3 Å². The van der Waals surface area contributed by atoms with Crippen molar-refractivity contribution in [3.63, 3.8) is 0 Å². The summed E-state index contributed by atoms with van der Waals surface area (Å²) in [6, 6.07) is 0. The van der Waals surface area contributed by atoms with Crippen molar-refractivity contribution in [1.82, 2.24) is 0 Å². The van der Waals surface area contributed by atoms with Crippen molar-refractivity contribution in [1.29, 1.82) is 0 Å². The topological polar surface area (TPSA) is 30.8 Å². The summed E-state index contributed by atoms with van der Waals surface area (Å²) in [5.74, 6) is 0. The van der Waals surface area contributed by atoms with E-state index in [-0.39, 0.29) is 5.67 Å². The zero-order valence-electron chi connectivity index (χ0n) is 12.5. The Hall–Kier alpha value is -0.193. The lowest BCUT2D eigenvalue weighted by molar-refractivity contribution is 0.179. The van der Waals surface area contributed by atoms with Gasteiger partial charge in [-0.25, -0.2) is 0 Å². The number of nitrogens with zero attached hydrogens (tertiary/aromatic N) is 1. The SMILES string of the molecule is CCO[Si](C)(OCC)C(CC)N=C1CCCCC1. The first-order chi connectivity index (χ1) is 8.66. The van der Waals surface area contributed by atoms with Gasteiger partial charge in [0.2, 0.25) is 0 Å². The van der Waals surface area contributed by atoms with Gasteiger partial charge < -0.3 is 8.85 Å². The molecule has 1 saturated carbocycles. The van der Waals surface area contributed by atoms with Crippen LogP contribution in [0, 0.1) is 0 Å². The summed E-state index contributed by atoms with van der Waals surface area (Å²) in [6.45, 7) is 9.91. The van der Waals surface area contributed by atoms with Crippen LogP contribution in [0.15, 0.2) is 4.99 Å². The Morgan fingerprint density at radius 3 is 2.06 bits per heavy atom. The Morgan fingerprint density at radius 1 is 1.06 bits per heavy atom. The Balaban J connectivity index is 2.77. The summed E-state index contributed by atoms with van der Waals surface area (Å²) in [5, 5.41) is 0. The monoisotopic (exact) mass is 271 g/mol. The van der Waals surface area contributed by atoms with Crippen LogP contribution in [0.3, 0.4) is 0 Å². The second-order valence-electron chi connectivity index (χ2n) is 5.06. The highest BCUT2D eigenvalue weighted by molar-refractivity contribution is 6.68. The first-order valence-electron chi connectivity index (χ1n) is 7.49. The summed E-state index contributed by atoms with van der Waals surface area (Å²) < 4.78 is 11.9. The molecule has 1 unspecified atom stereocenters. The van der Waals surface area contributed by atoms with E-state index in [1.54, 1.807) is 0 Å². The van der Waals surface area contributed by atoms with E-state index in [0.29, 0.717) is 0 Å². The largest absolute Gasteiger partial charge is 0.393 e. The normalized spacial score (nSPS) is 18.8. The maximum Gasteiger partial charge on any atom is 0.360 e. The van der Waals surface area contributed by atoms with E-state index in [4.69, 9.17) is 13.8 Å². The smallest absolute Gasteiger partial charge is 0.360 e. The van der Waals surface area contributed by atoms with Gasteiger partial charge in [-0.3, -0.25) is 4.99 Å². The third-order valence-electron chi connectivity index (χ3n) is 3.62. The van der Waals surface area contributed by atoms with Crippen molar-refractivity contribution in [2.75, 3.05) is 13.2 Å². The highest BCUT2D eigenvalue weighted by Gasteiger charge is 2.40. The molecule has 0 bridgehead atoms. The molecule has 0 radical (unpaired) electrons. The van der Waals surface area contributed by atoms with Gasteiger partial charge in [-0.1, -0.05) is 13.3 Å². The number of hydrogen-bond acceptors (Lipinski definition) is 3. The molecule has 1 atom stereocenters. The van der Waals surface area contributed by atoms with Crippen molar-refractivity contribution < 1.29 is 8.85 Å². The van der Waals surface area contributed by atoms with Crippen LogP contribution in [0.25, 0.3) is 0 Å². The minimum atomic E-state index is -2.15. The van der Waals surface area contributed by atoms with Crippen LogP contribution >= 0.6 is 0 Å². The van der Waals surface area contributed by atoms with Crippen molar-refractivity contribution in [2.45, 2.75) is 71.5 Å². The highest BCUT2D eigenvalue weighted by atomic mass is 28.4. The van der Waals surface area contributed by atoms with E-state index < -0.39 is 8.56 Å². The molecule has 1 aliphatic rings. The first-order valence-corrected chi connectivity index (χ1v) is 9.89. The Labute approximate surface area is 113 Å². The molecule has 1 rings (SSSR count). The molecule has 106 valence electrons. The molecule has 0 saturated heterocycles. The molecule has 0 N–H and O–H groups in total. The molecule has 18 heavy (non-hydrogen) atoms. The molecule has 0 heterocycles. The van der Waals surface area contributed by atoms with Gasteiger partial charge in [0.05, 0.1) is 5.67 Å². The van der Waals surface area contributed by atoms with E-state index >= 15 is 0 Å². The van der Waals surface area contributed by atoms with Crippen LogP contribution < -0.4 is 0 Å². The number of rotatable bonds is 7. The lowest BCUT2D eigenvalue weighted by Crippen LogP contribution is -2.50. The van der Waals surface area contributed by atoms with E-state index in [1.165, 1.54) is 37.8 Å². The van der Waals surface area contributed by atoms with E-state index in [1.807, 2.05) is 13.8 Å². The van der Waals surface area contributed by atoms with Gasteiger partial charge in [-0.15, -0.1) is 0 Å². The van der Waals surface area contributed by atoms with E-state index in [2.05, 4.69) is 13.5 Å². The molecule has 3 nitrogen and oxygen atoms in total. The summed E-state index contributed by atoms with van der Waals surface area (Å²) in [5.41, 5.74) is 1.65. The zero-order valence-corrected chi connectivity index (χ0v) is 13.5.